The highest BCUT2D eigenvalue weighted by molar-refractivity contribution is 6.01. The van der Waals surface area contributed by atoms with E-state index in [2.05, 4.69) is 16.7 Å². The average molecular weight is 395 g/mol. The standard InChI is InChI=1S/C24H30N2O3/c1-17-20(13-23(29)25-12-6-9-19(14-25)16-27)24-21(10-5-11-22(24)28)26(17)15-18-7-3-2-4-8-18/h2-4,7-8,19,27H,5-6,9-16H2,1H3. The molecule has 1 N–H and O–H groups in total. The van der Waals surface area contributed by atoms with Crippen molar-refractivity contribution in [1.82, 2.24) is 9.47 Å². The number of benzene rings is 1. The fourth-order valence-electron chi connectivity index (χ4n) is 4.89. The number of hydrogen-bond donors (Lipinski definition) is 1. The SMILES string of the molecule is Cc1c(CC(=O)N2CCCC(CO)C2)c2c(n1Cc1ccccc1)CCCC2=O. The van der Waals surface area contributed by atoms with Gasteiger partial charge in [0.15, 0.2) is 5.78 Å². The van der Waals surface area contributed by atoms with Gasteiger partial charge in [-0.05, 0) is 49.7 Å². The van der Waals surface area contributed by atoms with E-state index in [0.29, 0.717) is 13.0 Å². The summed E-state index contributed by atoms with van der Waals surface area (Å²) in [4.78, 5) is 27.7. The molecule has 1 aliphatic heterocycles. The van der Waals surface area contributed by atoms with Gasteiger partial charge >= 0.3 is 0 Å². The second-order valence-corrected chi connectivity index (χ2v) is 8.44. The van der Waals surface area contributed by atoms with Crippen LogP contribution in [0.1, 0.15) is 58.6 Å². The Morgan fingerprint density at radius 3 is 2.72 bits per heavy atom. The number of carbonyl (C=O) groups is 2. The Bertz CT molecular complexity index is 901. The van der Waals surface area contributed by atoms with E-state index < -0.39 is 0 Å². The zero-order chi connectivity index (χ0) is 20.4. The molecule has 1 amide bonds. The van der Waals surface area contributed by atoms with Gasteiger partial charge in [0.25, 0.3) is 0 Å². The van der Waals surface area contributed by atoms with Crippen LogP contribution in [0.2, 0.25) is 0 Å². The van der Waals surface area contributed by atoms with Crippen LogP contribution in [-0.4, -0.2) is 46.0 Å². The lowest BCUT2D eigenvalue weighted by atomic mass is 9.91. The number of ketones is 1. The van der Waals surface area contributed by atoms with Crippen molar-refractivity contribution in [1.29, 1.82) is 0 Å². The van der Waals surface area contributed by atoms with Gasteiger partial charge in [0.05, 0.1) is 6.42 Å². The van der Waals surface area contributed by atoms with Crippen LogP contribution in [0.3, 0.4) is 0 Å². The monoisotopic (exact) mass is 394 g/mol. The number of amides is 1. The molecule has 0 spiro atoms. The fraction of sp³-hybridized carbons (Fsp3) is 0.500. The third-order valence-electron chi connectivity index (χ3n) is 6.50. The number of fused-ring (bicyclic) bond motifs is 1. The molecule has 1 aliphatic carbocycles. The highest BCUT2D eigenvalue weighted by atomic mass is 16.3. The topological polar surface area (TPSA) is 62.5 Å². The number of carbonyl (C=O) groups excluding carboxylic acids is 2. The number of hydrogen-bond acceptors (Lipinski definition) is 3. The molecule has 0 radical (unpaired) electrons. The zero-order valence-electron chi connectivity index (χ0n) is 17.2. The number of piperidine rings is 1. The molecule has 1 saturated heterocycles. The maximum absolute atomic E-state index is 13.1. The van der Waals surface area contributed by atoms with Crippen molar-refractivity contribution in [2.75, 3.05) is 19.7 Å². The summed E-state index contributed by atoms with van der Waals surface area (Å²) >= 11 is 0. The predicted octanol–water partition coefficient (Wildman–Crippen LogP) is 3.14. The smallest absolute Gasteiger partial charge is 0.227 e. The molecule has 5 nitrogen and oxygen atoms in total. The van der Waals surface area contributed by atoms with Gasteiger partial charge in [-0.2, -0.15) is 0 Å². The summed E-state index contributed by atoms with van der Waals surface area (Å²) in [7, 11) is 0. The Kier molecular flexibility index (Phi) is 5.86. The molecule has 1 aromatic carbocycles. The van der Waals surface area contributed by atoms with E-state index in [1.165, 1.54) is 5.56 Å². The Hall–Kier alpha value is -2.40. The van der Waals surface area contributed by atoms with Gasteiger partial charge in [-0.25, -0.2) is 0 Å². The van der Waals surface area contributed by atoms with Crippen molar-refractivity contribution in [3.8, 4) is 0 Å². The number of nitrogens with zero attached hydrogens (tertiary/aromatic N) is 2. The summed E-state index contributed by atoms with van der Waals surface area (Å²) in [6.07, 6.45) is 4.52. The van der Waals surface area contributed by atoms with Crippen LogP contribution >= 0.6 is 0 Å². The van der Waals surface area contributed by atoms with E-state index in [1.807, 2.05) is 30.0 Å². The third-order valence-corrected chi connectivity index (χ3v) is 6.50. The average Bonchev–Trinajstić information content (AvgIpc) is 3.01. The molecule has 29 heavy (non-hydrogen) atoms. The maximum atomic E-state index is 13.1. The van der Waals surface area contributed by atoms with Crippen molar-refractivity contribution in [3.05, 3.63) is 58.4 Å². The molecule has 2 heterocycles. The lowest BCUT2D eigenvalue weighted by Gasteiger charge is -2.32. The van der Waals surface area contributed by atoms with E-state index in [0.717, 1.165) is 61.3 Å². The summed E-state index contributed by atoms with van der Waals surface area (Å²) in [5, 5.41) is 9.47. The Labute approximate surface area is 172 Å². The minimum absolute atomic E-state index is 0.0734. The van der Waals surface area contributed by atoms with Crippen LogP contribution in [0.5, 0.6) is 0 Å². The Balaban J connectivity index is 1.64. The first kappa shape index (κ1) is 19.9. The van der Waals surface area contributed by atoms with E-state index in [1.54, 1.807) is 0 Å². The predicted molar refractivity (Wildman–Crippen MR) is 112 cm³/mol. The van der Waals surface area contributed by atoms with E-state index in [-0.39, 0.29) is 30.6 Å². The summed E-state index contributed by atoms with van der Waals surface area (Å²) in [5.41, 5.74) is 5.05. The number of aliphatic hydroxyl groups excluding tert-OH is 1. The highest BCUT2D eigenvalue weighted by Crippen LogP contribution is 2.31. The number of likely N-dealkylation sites (tertiary alicyclic amines) is 1. The molecule has 2 aromatic rings. The van der Waals surface area contributed by atoms with Gasteiger partial charge in [-0.15, -0.1) is 0 Å². The second-order valence-electron chi connectivity index (χ2n) is 8.44. The lowest BCUT2D eigenvalue weighted by Crippen LogP contribution is -2.41. The fourth-order valence-corrected chi connectivity index (χ4v) is 4.89. The zero-order valence-corrected chi connectivity index (χ0v) is 17.2. The number of aromatic nitrogens is 1. The Morgan fingerprint density at radius 2 is 1.97 bits per heavy atom. The van der Waals surface area contributed by atoms with Crippen LogP contribution in [0.25, 0.3) is 0 Å². The lowest BCUT2D eigenvalue weighted by molar-refractivity contribution is -0.132. The molecule has 154 valence electrons. The summed E-state index contributed by atoms with van der Waals surface area (Å²) in [6.45, 7) is 4.27. The minimum Gasteiger partial charge on any atom is -0.396 e. The molecule has 5 heteroatoms. The summed E-state index contributed by atoms with van der Waals surface area (Å²) in [5.74, 6) is 0.423. The molecule has 0 bridgehead atoms. The quantitative estimate of drug-likeness (QED) is 0.847. The van der Waals surface area contributed by atoms with Gasteiger partial charge in [-0.3, -0.25) is 9.59 Å². The van der Waals surface area contributed by atoms with Crippen molar-refractivity contribution >= 4 is 11.7 Å². The van der Waals surface area contributed by atoms with Crippen molar-refractivity contribution in [2.45, 2.75) is 52.0 Å². The summed E-state index contributed by atoms with van der Waals surface area (Å²) in [6, 6.07) is 10.3. The third kappa shape index (κ3) is 4.01. The number of aliphatic hydroxyl groups is 1. The number of rotatable bonds is 5. The minimum atomic E-state index is 0.0734. The second kappa shape index (κ2) is 8.54. The van der Waals surface area contributed by atoms with Crippen LogP contribution < -0.4 is 0 Å². The van der Waals surface area contributed by atoms with E-state index in [9.17, 15) is 14.7 Å². The molecule has 1 atom stereocenters. The normalized spacial score (nSPS) is 19.3. The van der Waals surface area contributed by atoms with Crippen LogP contribution in [0, 0.1) is 12.8 Å². The largest absolute Gasteiger partial charge is 0.396 e. The van der Waals surface area contributed by atoms with Gasteiger partial charge in [0.1, 0.15) is 0 Å². The molecule has 4 rings (SSSR count). The highest BCUT2D eigenvalue weighted by Gasteiger charge is 2.31. The van der Waals surface area contributed by atoms with Crippen molar-refractivity contribution in [3.63, 3.8) is 0 Å². The van der Waals surface area contributed by atoms with Gasteiger partial charge < -0.3 is 14.6 Å². The molecule has 1 aromatic heterocycles. The van der Waals surface area contributed by atoms with Crippen LogP contribution in [-0.2, 0) is 24.2 Å². The van der Waals surface area contributed by atoms with Crippen LogP contribution in [0.15, 0.2) is 30.3 Å². The van der Waals surface area contributed by atoms with Gasteiger partial charge in [0, 0.05) is 49.6 Å². The number of Topliss-reactive ketones (excluding diaryl/α,β-unsaturated/α-hetero) is 1. The van der Waals surface area contributed by atoms with Crippen LogP contribution in [0.4, 0.5) is 0 Å². The molecule has 1 fully saturated rings. The molecular formula is C24H30N2O3. The first-order valence-electron chi connectivity index (χ1n) is 10.7. The molecule has 1 unspecified atom stereocenters. The van der Waals surface area contributed by atoms with Crippen molar-refractivity contribution < 1.29 is 14.7 Å². The Morgan fingerprint density at radius 1 is 1.17 bits per heavy atom. The maximum Gasteiger partial charge on any atom is 0.227 e. The first-order valence-corrected chi connectivity index (χ1v) is 10.7. The molecular weight excluding hydrogens is 364 g/mol. The summed E-state index contributed by atoms with van der Waals surface area (Å²) < 4.78 is 2.25. The van der Waals surface area contributed by atoms with E-state index >= 15 is 0 Å². The van der Waals surface area contributed by atoms with Gasteiger partial charge in [0.2, 0.25) is 5.91 Å². The molecule has 2 aliphatic rings. The van der Waals surface area contributed by atoms with Gasteiger partial charge in [-0.1, -0.05) is 30.3 Å². The van der Waals surface area contributed by atoms with Crippen molar-refractivity contribution in [2.24, 2.45) is 5.92 Å². The van der Waals surface area contributed by atoms with E-state index in [4.69, 9.17) is 0 Å². The first-order chi connectivity index (χ1) is 14.1. The molecule has 0 saturated carbocycles.